The molecule has 15 nitrogen and oxygen atoms in total. The van der Waals surface area contributed by atoms with Gasteiger partial charge in [-0.05, 0) is 24.1 Å². The van der Waals surface area contributed by atoms with Crippen LogP contribution in [0.15, 0.2) is 36.4 Å². The minimum absolute atomic E-state index is 0.156. The number of Topliss-reactive ketones (excluding diaryl/α,β-unsaturated/α-hetero) is 1. The third-order valence-corrected chi connectivity index (χ3v) is 7.10. The van der Waals surface area contributed by atoms with Crippen molar-refractivity contribution >= 4 is 5.78 Å². The van der Waals surface area contributed by atoms with Gasteiger partial charge in [-0.3, -0.25) is 4.79 Å². The van der Waals surface area contributed by atoms with Gasteiger partial charge in [0.15, 0.2) is 5.78 Å². The Labute approximate surface area is 239 Å². The topological polar surface area (TPSA) is 256 Å². The molecule has 2 fully saturated rings. The molecule has 42 heavy (non-hydrogen) atoms. The SMILES string of the molecule is O=C(CCc1ccc(OC2OC(CO)C(O)C(O)C2O)cc1)c1c(O)cc(O)cc1OC1OC(CO)C(O)C(O)C1O. The Morgan fingerprint density at radius 1 is 0.714 bits per heavy atom. The van der Waals surface area contributed by atoms with Crippen LogP contribution in [-0.4, -0.2) is 131 Å². The lowest BCUT2D eigenvalue weighted by molar-refractivity contribution is -0.277. The molecule has 0 aromatic heterocycles. The molecule has 0 spiro atoms. The maximum Gasteiger partial charge on any atom is 0.229 e. The molecule has 232 valence electrons. The summed E-state index contributed by atoms with van der Waals surface area (Å²) in [6.45, 7) is -1.32. The van der Waals surface area contributed by atoms with Gasteiger partial charge in [-0.1, -0.05) is 12.1 Å². The van der Waals surface area contributed by atoms with Gasteiger partial charge in [0.25, 0.3) is 0 Å². The predicted octanol–water partition coefficient (Wildman–Crippen LogP) is -2.73. The van der Waals surface area contributed by atoms with E-state index in [-0.39, 0.29) is 29.9 Å². The van der Waals surface area contributed by atoms with E-state index >= 15 is 0 Å². The second kappa shape index (κ2) is 13.5. The summed E-state index contributed by atoms with van der Waals surface area (Å²) >= 11 is 0. The molecule has 10 atom stereocenters. The van der Waals surface area contributed by atoms with Gasteiger partial charge >= 0.3 is 0 Å². The number of aliphatic hydroxyl groups is 8. The Kier molecular flexibility index (Phi) is 10.2. The van der Waals surface area contributed by atoms with Crippen molar-refractivity contribution in [2.45, 2.75) is 74.3 Å². The summed E-state index contributed by atoms with van der Waals surface area (Å²) in [4.78, 5) is 13.1. The molecular formula is C27H34O15. The van der Waals surface area contributed by atoms with E-state index in [0.717, 1.165) is 12.1 Å². The van der Waals surface area contributed by atoms with Crippen molar-refractivity contribution in [3.63, 3.8) is 0 Å². The molecule has 2 saturated heterocycles. The first-order chi connectivity index (χ1) is 19.9. The van der Waals surface area contributed by atoms with E-state index in [0.29, 0.717) is 5.56 Å². The Bertz CT molecular complexity index is 1200. The van der Waals surface area contributed by atoms with E-state index < -0.39 is 91.9 Å². The zero-order valence-corrected chi connectivity index (χ0v) is 22.1. The van der Waals surface area contributed by atoms with E-state index in [4.69, 9.17) is 18.9 Å². The standard InChI is InChI=1S/C27H34O15/c28-9-17-20(33)22(35)24(37)26(41-17)39-13-4-1-11(2-5-13)3-6-14(31)19-15(32)7-12(30)8-16(19)40-27-25(38)23(36)21(34)18(10-29)42-27/h1-2,4-5,7-8,17-18,20-30,32-38H,3,6,9-10H2. The molecule has 0 radical (unpaired) electrons. The molecule has 15 heteroatoms. The van der Waals surface area contributed by atoms with Gasteiger partial charge in [0.05, 0.1) is 13.2 Å². The van der Waals surface area contributed by atoms with Crippen LogP contribution < -0.4 is 9.47 Å². The van der Waals surface area contributed by atoms with Crippen molar-refractivity contribution in [2.24, 2.45) is 0 Å². The van der Waals surface area contributed by atoms with Gasteiger partial charge in [-0.15, -0.1) is 0 Å². The molecule has 0 aliphatic carbocycles. The van der Waals surface area contributed by atoms with Crippen LogP contribution in [0.5, 0.6) is 23.0 Å². The third kappa shape index (κ3) is 6.76. The highest BCUT2D eigenvalue weighted by Gasteiger charge is 2.46. The molecule has 0 amide bonds. The number of phenols is 2. The van der Waals surface area contributed by atoms with Crippen LogP contribution in [0.2, 0.25) is 0 Å². The fraction of sp³-hybridized carbons (Fsp3) is 0.519. The normalized spacial score (nSPS) is 33.2. The Morgan fingerprint density at radius 3 is 1.76 bits per heavy atom. The number of benzene rings is 2. The van der Waals surface area contributed by atoms with Crippen molar-refractivity contribution in [3.05, 3.63) is 47.5 Å². The first-order valence-electron chi connectivity index (χ1n) is 13.1. The summed E-state index contributed by atoms with van der Waals surface area (Å²) in [7, 11) is 0. The zero-order valence-electron chi connectivity index (χ0n) is 22.1. The largest absolute Gasteiger partial charge is 0.508 e. The number of phenolic OH excluding ortho intramolecular Hbond substituents is 2. The Morgan fingerprint density at radius 2 is 1.24 bits per heavy atom. The second-order valence-electron chi connectivity index (χ2n) is 10.0. The highest BCUT2D eigenvalue weighted by atomic mass is 16.7. The quantitative estimate of drug-likeness (QED) is 0.125. The molecule has 2 aromatic carbocycles. The number of aryl methyl sites for hydroxylation is 1. The molecule has 2 heterocycles. The molecule has 0 saturated carbocycles. The number of ketones is 1. The molecule has 10 N–H and O–H groups in total. The summed E-state index contributed by atoms with van der Waals surface area (Å²) in [6.07, 6.45) is -15.3. The molecule has 2 aliphatic rings. The maximum atomic E-state index is 13.1. The van der Waals surface area contributed by atoms with Gasteiger partial charge in [-0.25, -0.2) is 0 Å². The van der Waals surface area contributed by atoms with Gasteiger partial charge < -0.3 is 70.0 Å². The van der Waals surface area contributed by atoms with Gasteiger partial charge in [-0.2, -0.15) is 0 Å². The van der Waals surface area contributed by atoms with Crippen molar-refractivity contribution in [2.75, 3.05) is 13.2 Å². The monoisotopic (exact) mass is 598 g/mol. The number of aliphatic hydroxyl groups excluding tert-OH is 8. The van der Waals surface area contributed by atoms with Crippen molar-refractivity contribution in [1.29, 1.82) is 0 Å². The zero-order chi connectivity index (χ0) is 30.7. The third-order valence-electron chi connectivity index (χ3n) is 7.10. The van der Waals surface area contributed by atoms with Gasteiger partial charge in [0.2, 0.25) is 12.6 Å². The van der Waals surface area contributed by atoms with Crippen LogP contribution in [0.1, 0.15) is 22.3 Å². The Balaban J connectivity index is 1.42. The van der Waals surface area contributed by atoms with Crippen molar-refractivity contribution < 1.29 is 74.8 Å². The number of carbonyl (C=O) groups excluding carboxylic acids is 1. The summed E-state index contributed by atoms with van der Waals surface area (Å²) in [5, 5.41) is 99.3. The van der Waals surface area contributed by atoms with Crippen molar-refractivity contribution in [3.8, 4) is 23.0 Å². The predicted molar refractivity (Wildman–Crippen MR) is 138 cm³/mol. The average molecular weight is 599 g/mol. The summed E-state index contributed by atoms with van der Waals surface area (Å²) < 4.78 is 21.7. The first-order valence-corrected chi connectivity index (χ1v) is 13.1. The minimum Gasteiger partial charge on any atom is -0.508 e. The van der Waals surface area contributed by atoms with Crippen LogP contribution in [0.4, 0.5) is 0 Å². The highest BCUT2D eigenvalue weighted by molar-refractivity contribution is 6.01. The van der Waals surface area contributed by atoms with E-state index in [1.807, 2.05) is 0 Å². The number of ether oxygens (including phenoxy) is 4. The van der Waals surface area contributed by atoms with Crippen molar-refractivity contribution in [1.82, 2.24) is 0 Å². The lowest BCUT2D eigenvalue weighted by Gasteiger charge is -2.39. The lowest BCUT2D eigenvalue weighted by atomic mass is 9.98. The van der Waals surface area contributed by atoms with E-state index in [1.165, 1.54) is 12.1 Å². The number of hydrogen-bond acceptors (Lipinski definition) is 15. The lowest BCUT2D eigenvalue weighted by Crippen LogP contribution is -2.60. The van der Waals surface area contributed by atoms with Gasteiger partial charge in [0, 0.05) is 18.6 Å². The summed E-state index contributed by atoms with van der Waals surface area (Å²) in [5.41, 5.74) is 0.312. The number of hydrogen-bond donors (Lipinski definition) is 10. The van der Waals surface area contributed by atoms with E-state index in [9.17, 15) is 55.9 Å². The number of rotatable bonds is 10. The fourth-order valence-electron chi connectivity index (χ4n) is 4.67. The van der Waals surface area contributed by atoms with E-state index in [2.05, 4.69) is 0 Å². The fourth-order valence-corrected chi connectivity index (χ4v) is 4.67. The molecule has 4 rings (SSSR count). The molecule has 0 bridgehead atoms. The average Bonchev–Trinajstić information content (AvgIpc) is 2.96. The second-order valence-corrected chi connectivity index (χ2v) is 10.0. The molecular weight excluding hydrogens is 564 g/mol. The highest BCUT2D eigenvalue weighted by Crippen LogP contribution is 2.36. The van der Waals surface area contributed by atoms with Crippen LogP contribution >= 0.6 is 0 Å². The number of aromatic hydroxyl groups is 2. The Hall–Kier alpha value is -3.09. The molecule has 10 unspecified atom stereocenters. The van der Waals surface area contributed by atoms with Crippen LogP contribution in [0, 0.1) is 0 Å². The van der Waals surface area contributed by atoms with Crippen LogP contribution in [-0.2, 0) is 15.9 Å². The number of carbonyl (C=O) groups is 1. The molecule has 2 aromatic rings. The smallest absolute Gasteiger partial charge is 0.229 e. The minimum atomic E-state index is -1.79. The summed E-state index contributed by atoms with van der Waals surface area (Å²) in [5.74, 6) is -1.86. The maximum absolute atomic E-state index is 13.1. The van der Waals surface area contributed by atoms with Crippen LogP contribution in [0.3, 0.4) is 0 Å². The van der Waals surface area contributed by atoms with Crippen LogP contribution in [0.25, 0.3) is 0 Å². The molecule has 2 aliphatic heterocycles. The first kappa shape index (κ1) is 31.8. The van der Waals surface area contributed by atoms with E-state index in [1.54, 1.807) is 12.1 Å². The summed E-state index contributed by atoms with van der Waals surface area (Å²) in [6, 6.07) is 8.14. The van der Waals surface area contributed by atoms with Gasteiger partial charge in [0.1, 0.15) is 77.4 Å².